The van der Waals surface area contributed by atoms with Gasteiger partial charge in [-0.2, -0.15) is 4.31 Å². The van der Waals surface area contributed by atoms with E-state index in [4.69, 9.17) is 0 Å². The number of likely N-dealkylation sites (tertiary alicyclic amines) is 1. The second-order valence-corrected chi connectivity index (χ2v) is 8.66. The summed E-state index contributed by atoms with van der Waals surface area (Å²) in [5, 5.41) is 9.76. The Morgan fingerprint density at radius 3 is 2.24 bits per heavy atom. The molecule has 1 aromatic carbocycles. The summed E-state index contributed by atoms with van der Waals surface area (Å²) in [5.41, 5.74) is -0.264. The van der Waals surface area contributed by atoms with E-state index in [1.807, 2.05) is 18.2 Å². The van der Waals surface area contributed by atoms with Gasteiger partial charge in [0, 0.05) is 20.1 Å². The third kappa shape index (κ3) is 4.01. The highest BCUT2D eigenvalue weighted by molar-refractivity contribution is 7.89. The molecule has 1 N–H and O–H groups in total. The lowest BCUT2D eigenvalue weighted by atomic mass is 9.73. The van der Waals surface area contributed by atoms with Gasteiger partial charge in [0.25, 0.3) is 0 Å². The van der Waals surface area contributed by atoms with Crippen molar-refractivity contribution in [2.75, 3.05) is 32.4 Å². The van der Waals surface area contributed by atoms with Crippen molar-refractivity contribution >= 4 is 21.9 Å². The van der Waals surface area contributed by atoms with Gasteiger partial charge in [-0.05, 0) is 25.3 Å². The smallest absolute Gasteiger partial charge is 0.314 e. The molecule has 0 bridgehead atoms. The van der Waals surface area contributed by atoms with Crippen LogP contribution >= 0.6 is 0 Å². The molecule has 0 aromatic heterocycles. The third-order valence-corrected chi connectivity index (χ3v) is 6.71. The number of amides is 1. The van der Waals surface area contributed by atoms with E-state index in [1.54, 1.807) is 17.0 Å². The first-order valence-corrected chi connectivity index (χ1v) is 9.84. The van der Waals surface area contributed by atoms with Gasteiger partial charge in [-0.3, -0.25) is 9.59 Å². The van der Waals surface area contributed by atoms with Crippen LogP contribution in [0.3, 0.4) is 0 Å². The summed E-state index contributed by atoms with van der Waals surface area (Å²) in [6.45, 7) is 1.89. The van der Waals surface area contributed by atoms with Crippen molar-refractivity contribution in [3.8, 4) is 0 Å². The monoisotopic (exact) mass is 368 g/mol. The summed E-state index contributed by atoms with van der Waals surface area (Å²) < 4.78 is 24.6. The average molecular weight is 368 g/mol. The van der Waals surface area contributed by atoms with E-state index >= 15 is 0 Å². The van der Waals surface area contributed by atoms with Crippen molar-refractivity contribution in [1.29, 1.82) is 0 Å². The lowest BCUT2D eigenvalue weighted by Crippen LogP contribution is -2.51. The van der Waals surface area contributed by atoms with Crippen molar-refractivity contribution in [2.45, 2.75) is 25.2 Å². The first-order valence-electron chi connectivity index (χ1n) is 8.23. The molecule has 1 heterocycles. The Bertz CT molecular complexity index is 725. The Morgan fingerprint density at radius 2 is 1.76 bits per heavy atom. The summed E-state index contributed by atoms with van der Waals surface area (Å²) in [6, 6.07) is 9.05. The minimum atomic E-state index is -3.42. The number of piperidine rings is 1. The van der Waals surface area contributed by atoms with Gasteiger partial charge < -0.3 is 10.0 Å². The van der Waals surface area contributed by atoms with Crippen molar-refractivity contribution in [1.82, 2.24) is 9.21 Å². The molecule has 1 aromatic rings. The zero-order chi connectivity index (χ0) is 18.7. The molecule has 25 heavy (non-hydrogen) atoms. The van der Waals surface area contributed by atoms with E-state index in [9.17, 15) is 23.1 Å². The Labute approximate surface area is 148 Å². The van der Waals surface area contributed by atoms with Gasteiger partial charge in [-0.15, -0.1) is 0 Å². The Morgan fingerprint density at radius 1 is 1.20 bits per heavy atom. The van der Waals surface area contributed by atoms with Crippen LogP contribution in [0.5, 0.6) is 0 Å². The molecule has 0 saturated carbocycles. The van der Waals surface area contributed by atoms with E-state index in [2.05, 4.69) is 0 Å². The van der Waals surface area contributed by atoms with Crippen LogP contribution in [0.1, 0.15) is 25.3 Å². The zero-order valence-electron chi connectivity index (χ0n) is 14.5. The lowest BCUT2D eigenvalue weighted by Gasteiger charge is -2.39. The predicted octanol–water partition coefficient (Wildman–Crippen LogP) is 0.913. The number of nitrogens with zero attached hydrogens (tertiary/aromatic N) is 2. The molecule has 1 aliphatic rings. The number of carboxylic acids is 1. The molecule has 1 saturated heterocycles. The third-order valence-electron chi connectivity index (χ3n) is 4.90. The Balaban J connectivity index is 2.07. The van der Waals surface area contributed by atoms with Crippen LogP contribution in [-0.4, -0.2) is 67.0 Å². The van der Waals surface area contributed by atoms with E-state index in [-0.39, 0.29) is 18.2 Å². The highest BCUT2D eigenvalue weighted by atomic mass is 32.2. The number of carbonyl (C=O) groups is 2. The van der Waals surface area contributed by atoms with Gasteiger partial charge in [0.2, 0.25) is 15.9 Å². The predicted molar refractivity (Wildman–Crippen MR) is 93.7 cm³/mol. The molecule has 0 unspecified atom stereocenters. The summed E-state index contributed by atoms with van der Waals surface area (Å²) in [4.78, 5) is 25.8. The molecular weight excluding hydrogens is 344 g/mol. The summed E-state index contributed by atoms with van der Waals surface area (Å²) in [5.74, 6) is -1.25. The number of hydrogen-bond donors (Lipinski definition) is 1. The molecule has 0 radical (unpaired) electrons. The molecule has 0 spiro atoms. The Hall–Kier alpha value is -1.93. The molecule has 7 nitrogen and oxygen atoms in total. The van der Waals surface area contributed by atoms with Crippen molar-refractivity contribution in [3.63, 3.8) is 0 Å². The fourth-order valence-corrected chi connectivity index (χ4v) is 3.88. The largest absolute Gasteiger partial charge is 0.481 e. The fourth-order valence-electron chi connectivity index (χ4n) is 3.13. The standard InChI is InChI=1S/C17H24N2O5S/c1-3-25(23,24)18(2)13-15(20)19-11-9-17(10-12-19,16(21)22)14-7-5-4-6-8-14/h4-8H,3,9-13H2,1-2H3,(H,21,22). The number of likely N-dealkylation sites (N-methyl/N-ethyl adjacent to an activating group) is 1. The van der Waals surface area contributed by atoms with Gasteiger partial charge >= 0.3 is 5.97 Å². The van der Waals surface area contributed by atoms with Crippen LogP contribution in [0.4, 0.5) is 0 Å². The maximum atomic E-state index is 12.4. The van der Waals surface area contributed by atoms with Gasteiger partial charge in [0.05, 0.1) is 17.7 Å². The summed E-state index contributed by atoms with van der Waals surface area (Å²) in [7, 11) is -2.04. The molecule has 8 heteroatoms. The van der Waals surface area contributed by atoms with Crippen LogP contribution in [0.2, 0.25) is 0 Å². The molecule has 2 rings (SSSR count). The van der Waals surface area contributed by atoms with Crippen LogP contribution in [0.25, 0.3) is 0 Å². The molecule has 0 atom stereocenters. The molecule has 1 fully saturated rings. The van der Waals surface area contributed by atoms with Gasteiger partial charge in [-0.1, -0.05) is 30.3 Å². The van der Waals surface area contributed by atoms with Crippen molar-refractivity contribution in [3.05, 3.63) is 35.9 Å². The number of benzene rings is 1. The van der Waals surface area contributed by atoms with Crippen LogP contribution in [0.15, 0.2) is 30.3 Å². The minimum absolute atomic E-state index is 0.0626. The number of carboxylic acid groups (broad SMARTS) is 1. The summed E-state index contributed by atoms with van der Waals surface area (Å²) >= 11 is 0. The quantitative estimate of drug-likeness (QED) is 0.805. The maximum Gasteiger partial charge on any atom is 0.314 e. The number of carbonyl (C=O) groups excluding carboxylic acids is 1. The van der Waals surface area contributed by atoms with Crippen LogP contribution in [0, 0.1) is 0 Å². The number of hydrogen-bond acceptors (Lipinski definition) is 4. The summed E-state index contributed by atoms with van der Waals surface area (Å²) in [6.07, 6.45) is 0.616. The fraction of sp³-hybridized carbons (Fsp3) is 0.529. The Kier molecular flexibility index (Phi) is 5.84. The van der Waals surface area contributed by atoms with Crippen LogP contribution < -0.4 is 0 Å². The lowest BCUT2D eigenvalue weighted by molar-refractivity contribution is -0.148. The first kappa shape index (κ1) is 19.4. The number of rotatable bonds is 6. The highest BCUT2D eigenvalue weighted by Gasteiger charge is 2.43. The maximum absolute atomic E-state index is 12.4. The number of sulfonamides is 1. The SMILES string of the molecule is CCS(=O)(=O)N(C)CC(=O)N1CCC(C(=O)O)(c2ccccc2)CC1. The first-order chi connectivity index (χ1) is 11.7. The van der Waals surface area contributed by atoms with Crippen LogP contribution in [-0.2, 0) is 25.0 Å². The topological polar surface area (TPSA) is 95.0 Å². The molecule has 1 amide bonds. The molecular formula is C17H24N2O5S. The molecule has 1 aliphatic heterocycles. The van der Waals surface area contributed by atoms with E-state index in [0.29, 0.717) is 25.9 Å². The zero-order valence-corrected chi connectivity index (χ0v) is 15.3. The van der Waals surface area contributed by atoms with Gasteiger partial charge in [-0.25, -0.2) is 8.42 Å². The van der Waals surface area contributed by atoms with Crippen molar-refractivity contribution < 1.29 is 23.1 Å². The molecule has 138 valence electrons. The van der Waals surface area contributed by atoms with E-state index in [0.717, 1.165) is 9.87 Å². The molecule has 0 aliphatic carbocycles. The second kappa shape index (κ2) is 7.53. The number of aliphatic carboxylic acids is 1. The van der Waals surface area contributed by atoms with E-state index < -0.39 is 21.4 Å². The van der Waals surface area contributed by atoms with E-state index in [1.165, 1.54) is 14.0 Å². The van der Waals surface area contributed by atoms with Crippen molar-refractivity contribution in [2.24, 2.45) is 0 Å². The second-order valence-electron chi connectivity index (χ2n) is 6.29. The highest BCUT2D eigenvalue weighted by Crippen LogP contribution is 2.35. The van der Waals surface area contributed by atoms with Gasteiger partial charge in [0.1, 0.15) is 0 Å². The normalized spacial score (nSPS) is 17.5. The minimum Gasteiger partial charge on any atom is -0.481 e. The van der Waals surface area contributed by atoms with Gasteiger partial charge in [0.15, 0.2) is 0 Å². The average Bonchev–Trinajstić information content (AvgIpc) is 2.62.